The molecule has 1 fully saturated rings. The van der Waals surface area contributed by atoms with E-state index in [0.717, 1.165) is 25.1 Å². The molecule has 1 aliphatic heterocycles. The second kappa shape index (κ2) is 7.71. The molecule has 0 bridgehead atoms. The van der Waals surface area contributed by atoms with E-state index in [2.05, 4.69) is 20.4 Å². The van der Waals surface area contributed by atoms with Gasteiger partial charge >= 0.3 is 0 Å². The fourth-order valence-electron chi connectivity index (χ4n) is 3.19. The first kappa shape index (κ1) is 17.4. The van der Waals surface area contributed by atoms with Crippen LogP contribution >= 0.6 is 0 Å². The summed E-state index contributed by atoms with van der Waals surface area (Å²) in [6, 6.07) is 9.50. The van der Waals surface area contributed by atoms with Crippen LogP contribution in [0.3, 0.4) is 0 Å². The predicted molar refractivity (Wildman–Crippen MR) is 99.8 cm³/mol. The number of para-hydroxylation sites is 1. The summed E-state index contributed by atoms with van der Waals surface area (Å²) in [5.41, 5.74) is 1.06. The Morgan fingerprint density at radius 1 is 1.33 bits per heavy atom. The lowest BCUT2D eigenvalue weighted by Gasteiger charge is -2.10. The topological polar surface area (TPSA) is 102 Å². The van der Waals surface area contributed by atoms with E-state index >= 15 is 0 Å². The molecule has 1 saturated heterocycles. The number of aromatic amines is 1. The van der Waals surface area contributed by atoms with Gasteiger partial charge in [0.05, 0.1) is 18.0 Å². The van der Waals surface area contributed by atoms with Crippen molar-refractivity contribution in [3.05, 3.63) is 52.7 Å². The first-order chi connectivity index (χ1) is 13.2. The Balaban J connectivity index is 1.47. The molecule has 1 unspecified atom stereocenters. The smallest absolute Gasteiger partial charge is 0.262 e. The third-order valence-corrected chi connectivity index (χ3v) is 4.63. The number of hydrogen-bond acceptors (Lipinski definition) is 5. The number of aryl methyl sites for hydroxylation is 1. The minimum atomic E-state index is -0.253. The monoisotopic (exact) mass is 367 g/mol. The highest BCUT2D eigenvalue weighted by Crippen LogP contribution is 2.14. The summed E-state index contributed by atoms with van der Waals surface area (Å²) in [4.78, 5) is 31.6. The molecule has 3 heterocycles. The summed E-state index contributed by atoms with van der Waals surface area (Å²) in [7, 11) is 0. The Bertz CT molecular complexity index is 989. The van der Waals surface area contributed by atoms with E-state index in [4.69, 9.17) is 4.74 Å². The van der Waals surface area contributed by atoms with Crippen LogP contribution < -0.4 is 10.9 Å². The van der Waals surface area contributed by atoms with Crippen LogP contribution in [0.1, 0.15) is 25.1 Å². The van der Waals surface area contributed by atoms with Crippen molar-refractivity contribution in [2.75, 3.05) is 13.2 Å². The zero-order chi connectivity index (χ0) is 18.6. The Hall–Kier alpha value is -3.00. The van der Waals surface area contributed by atoms with Gasteiger partial charge in [0.25, 0.3) is 5.56 Å². The van der Waals surface area contributed by atoms with Gasteiger partial charge in [0.2, 0.25) is 5.91 Å². The number of hydrogen-bond donors (Lipinski definition) is 2. The molecular formula is C19H21N5O3. The first-order valence-corrected chi connectivity index (χ1v) is 9.11. The van der Waals surface area contributed by atoms with Gasteiger partial charge in [-0.1, -0.05) is 18.2 Å². The molecule has 0 spiro atoms. The maximum Gasteiger partial charge on any atom is 0.262 e. The molecule has 0 saturated carbocycles. The molecule has 0 aliphatic carbocycles. The van der Waals surface area contributed by atoms with Crippen molar-refractivity contribution in [3.63, 3.8) is 0 Å². The predicted octanol–water partition coefficient (Wildman–Crippen LogP) is 1.34. The molecule has 3 aromatic rings. The van der Waals surface area contributed by atoms with Crippen molar-refractivity contribution in [1.82, 2.24) is 25.1 Å². The molecule has 4 rings (SSSR count). The number of carbonyl (C=O) groups excluding carboxylic acids is 1. The van der Waals surface area contributed by atoms with Gasteiger partial charge in [-0.25, -0.2) is 9.67 Å². The zero-order valence-corrected chi connectivity index (χ0v) is 14.9. The summed E-state index contributed by atoms with van der Waals surface area (Å²) in [5.74, 6) is 0.391. The van der Waals surface area contributed by atoms with E-state index < -0.39 is 0 Å². The van der Waals surface area contributed by atoms with Crippen LogP contribution in [0.25, 0.3) is 16.7 Å². The molecule has 1 amide bonds. The Kier molecular flexibility index (Phi) is 4.97. The van der Waals surface area contributed by atoms with Gasteiger partial charge in [0, 0.05) is 26.0 Å². The normalized spacial score (nSPS) is 16.7. The van der Waals surface area contributed by atoms with Crippen LogP contribution in [-0.4, -0.2) is 44.9 Å². The van der Waals surface area contributed by atoms with Gasteiger partial charge in [-0.3, -0.25) is 9.59 Å². The average molecular weight is 367 g/mol. The Morgan fingerprint density at radius 3 is 2.96 bits per heavy atom. The number of carbonyl (C=O) groups is 1. The first-order valence-electron chi connectivity index (χ1n) is 9.11. The van der Waals surface area contributed by atoms with Crippen molar-refractivity contribution in [1.29, 1.82) is 0 Å². The zero-order valence-electron chi connectivity index (χ0n) is 14.9. The summed E-state index contributed by atoms with van der Waals surface area (Å²) < 4.78 is 7.12. The molecule has 8 heteroatoms. The van der Waals surface area contributed by atoms with Crippen LogP contribution in [0, 0.1) is 0 Å². The van der Waals surface area contributed by atoms with Crippen molar-refractivity contribution in [3.8, 4) is 5.69 Å². The number of H-pyrrole nitrogens is 1. The van der Waals surface area contributed by atoms with Crippen LogP contribution in [0.4, 0.5) is 0 Å². The summed E-state index contributed by atoms with van der Waals surface area (Å²) >= 11 is 0. The average Bonchev–Trinajstić information content (AvgIpc) is 3.35. The maximum atomic E-state index is 12.3. The lowest BCUT2D eigenvalue weighted by Crippen LogP contribution is -2.32. The summed E-state index contributed by atoms with van der Waals surface area (Å²) in [6.45, 7) is 1.30. The number of aromatic nitrogens is 4. The molecular weight excluding hydrogens is 346 g/mol. The quantitative estimate of drug-likeness (QED) is 0.684. The Morgan fingerprint density at radius 2 is 2.19 bits per heavy atom. The van der Waals surface area contributed by atoms with Crippen LogP contribution in [0.2, 0.25) is 0 Å². The van der Waals surface area contributed by atoms with Crippen LogP contribution in [0.15, 0.2) is 41.3 Å². The minimum absolute atomic E-state index is 0.0789. The van der Waals surface area contributed by atoms with Crippen LogP contribution in [0.5, 0.6) is 0 Å². The largest absolute Gasteiger partial charge is 0.376 e. The van der Waals surface area contributed by atoms with Gasteiger partial charge in [-0.15, -0.1) is 0 Å². The van der Waals surface area contributed by atoms with Crippen molar-refractivity contribution >= 4 is 16.9 Å². The van der Waals surface area contributed by atoms with E-state index in [1.165, 1.54) is 6.20 Å². The molecule has 1 aliphatic rings. The molecule has 8 nitrogen and oxygen atoms in total. The van der Waals surface area contributed by atoms with E-state index in [1.54, 1.807) is 4.68 Å². The third-order valence-electron chi connectivity index (χ3n) is 4.63. The molecule has 2 aromatic heterocycles. The maximum absolute atomic E-state index is 12.3. The van der Waals surface area contributed by atoms with E-state index in [9.17, 15) is 9.59 Å². The number of benzene rings is 1. The van der Waals surface area contributed by atoms with Gasteiger partial charge < -0.3 is 15.0 Å². The number of rotatable bonds is 6. The van der Waals surface area contributed by atoms with E-state index in [1.807, 2.05) is 30.3 Å². The molecule has 1 aromatic carbocycles. The van der Waals surface area contributed by atoms with E-state index in [-0.39, 0.29) is 24.0 Å². The van der Waals surface area contributed by atoms with Crippen LogP contribution in [-0.2, 0) is 16.0 Å². The highest BCUT2D eigenvalue weighted by molar-refractivity contribution is 5.77. The molecule has 0 radical (unpaired) electrons. The molecule has 1 atom stereocenters. The van der Waals surface area contributed by atoms with Gasteiger partial charge in [0.1, 0.15) is 11.2 Å². The summed E-state index contributed by atoms with van der Waals surface area (Å²) in [5, 5.41) is 7.58. The third kappa shape index (κ3) is 3.90. The number of amides is 1. The van der Waals surface area contributed by atoms with Gasteiger partial charge in [0.15, 0.2) is 5.65 Å². The second-order valence-corrected chi connectivity index (χ2v) is 6.58. The highest BCUT2D eigenvalue weighted by Gasteiger charge is 2.16. The van der Waals surface area contributed by atoms with Gasteiger partial charge in [-0.2, -0.15) is 5.10 Å². The standard InChI is InChI=1S/C19H21N5O3/c25-17(20-11-14-7-4-10-27-14)9-8-16-22-18-15(19(26)23-16)12-21-24(18)13-5-2-1-3-6-13/h1-3,5-6,12,14H,4,7-11H2,(H,20,25)(H,22,23,26). The number of nitrogens with one attached hydrogen (secondary N) is 2. The van der Waals surface area contributed by atoms with Crippen molar-refractivity contribution < 1.29 is 9.53 Å². The molecule has 27 heavy (non-hydrogen) atoms. The molecule has 140 valence electrons. The van der Waals surface area contributed by atoms with Gasteiger partial charge in [-0.05, 0) is 25.0 Å². The highest BCUT2D eigenvalue weighted by atomic mass is 16.5. The number of nitrogens with zero attached hydrogens (tertiary/aromatic N) is 3. The SMILES string of the molecule is O=C(CCc1nc2c(cnn2-c2ccccc2)c(=O)[nH]1)NCC1CCCO1. The number of ether oxygens (including phenoxy) is 1. The number of fused-ring (bicyclic) bond motifs is 1. The fourth-order valence-corrected chi connectivity index (χ4v) is 3.19. The molecule has 2 N–H and O–H groups in total. The lowest BCUT2D eigenvalue weighted by atomic mass is 10.2. The second-order valence-electron chi connectivity index (χ2n) is 6.58. The van der Waals surface area contributed by atoms with E-state index in [0.29, 0.717) is 29.8 Å². The lowest BCUT2D eigenvalue weighted by molar-refractivity contribution is -0.121. The fraction of sp³-hybridized carbons (Fsp3) is 0.368. The van der Waals surface area contributed by atoms with Crippen molar-refractivity contribution in [2.45, 2.75) is 31.8 Å². The minimum Gasteiger partial charge on any atom is -0.376 e. The Labute approximate surface area is 155 Å². The summed E-state index contributed by atoms with van der Waals surface area (Å²) in [6.07, 6.45) is 4.24. The van der Waals surface area contributed by atoms with Crippen molar-refractivity contribution in [2.24, 2.45) is 0 Å².